The summed E-state index contributed by atoms with van der Waals surface area (Å²) in [5, 5.41) is 0. The van der Waals surface area contributed by atoms with Gasteiger partial charge in [-0.05, 0) is 45.6 Å². The minimum absolute atomic E-state index is 0.0787. The normalized spacial score (nSPS) is 20.3. The summed E-state index contributed by atoms with van der Waals surface area (Å²) < 4.78 is 0. The molecule has 20 heavy (non-hydrogen) atoms. The Hall–Kier alpha value is -1.71. The van der Waals surface area contributed by atoms with E-state index < -0.39 is 0 Å². The number of hydrogen-bond acceptors (Lipinski definition) is 3. The van der Waals surface area contributed by atoms with Gasteiger partial charge in [-0.25, -0.2) is 0 Å². The number of carbonyl (C=O) groups is 3. The molecule has 0 N–H and O–H groups in total. The molecule has 0 atom stereocenters. The Labute approximate surface area is 119 Å². The van der Waals surface area contributed by atoms with Crippen molar-refractivity contribution in [2.75, 3.05) is 13.1 Å². The van der Waals surface area contributed by atoms with Gasteiger partial charge >= 0.3 is 0 Å². The molecule has 1 saturated heterocycles. The zero-order valence-corrected chi connectivity index (χ0v) is 12.2. The van der Waals surface area contributed by atoms with E-state index in [0.29, 0.717) is 29.6 Å². The predicted octanol–water partition coefficient (Wildman–Crippen LogP) is 2.19. The quantitative estimate of drug-likeness (QED) is 0.742. The number of hydrogen-bond donors (Lipinski definition) is 0. The SMILES string of the molecule is CC1=CC(=O)C(CCC(=O)N2CCCCC2)=C(C)C1=O. The molecule has 1 heterocycles. The largest absolute Gasteiger partial charge is 0.343 e. The first-order valence-electron chi connectivity index (χ1n) is 7.25. The van der Waals surface area contributed by atoms with Crippen molar-refractivity contribution in [1.29, 1.82) is 0 Å². The second kappa shape index (κ2) is 6.16. The lowest BCUT2D eigenvalue weighted by atomic mass is 9.88. The monoisotopic (exact) mass is 275 g/mol. The minimum Gasteiger partial charge on any atom is -0.343 e. The number of ketones is 2. The number of rotatable bonds is 3. The lowest BCUT2D eigenvalue weighted by Gasteiger charge is -2.27. The maximum absolute atomic E-state index is 12.1. The molecule has 0 radical (unpaired) electrons. The van der Waals surface area contributed by atoms with Gasteiger partial charge in [-0.2, -0.15) is 0 Å². The van der Waals surface area contributed by atoms with Crippen molar-refractivity contribution in [2.24, 2.45) is 0 Å². The fourth-order valence-electron chi connectivity index (χ4n) is 2.81. The zero-order valence-electron chi connectivity index (χ0n) is 12.2. The number of piperidine rings is 1. The molecule has 108 valence electrons. The fourth-order valence-corrected chi connectivity index (χ4v) is 2.81. The highest BCUT2D eigenvalue weighted by Crippen LogP contribution is 2.23. The van der Waals surface area contributed by atoms with E-state index in [2.05, 4.69) is 0 Å². The van der Waals surface area contributed by atoms with Crippen molar-refractivity contribution in [3.8, 4) is 0 Å². The molecular weight excluding hydrogens is 254 g/mol. The maximum Gasteiger partial charge on any atom is 0.222 e. The zero-order chi connectivity index (χ0) is 14.7. The molecule has 2 aliphatic rings. The summed E-state index contributed by atoms with van der Waals surface area (Å²) in [4.78, 5) is 37.8. The van der Waals surface area contributed by atoms with Gasteiger partial charge in [-0.1, -0.05) is 0 Å². The van der Waals surface area contributed by atoms with Crippen LogP contribution in [0.15, 0.2) is 22.8 Å². The smallest absolute Gasteiger partial charge is 0.222 e. The molecule has 0 aromatic carbocycles. The third-order valence-corrected chi connectivity index (χ3v) is 4.09. The van der Waals surface area contributed by atoms with Gasteiger partial charge in [0.2, 0.25) is 5.91 Å². The Morgan fingerprint density at radius 1 is 1.15 bits per heavy atom. The van der Waals surface area contributed by atoms with Crippen LogP contribution in [-0.4, -0.2) is 35.5 Å². The number of carbonyl (C=O) groups excluding carboxylic acids is 3. The van der Waals surface area contributed by atoms with E-state index in [-0.39, 0.29) is 17.5 Å². The van der Waals surface area contributed by atoms with Crippen LogP contribution in [0.5, 0.6) is 0 Å². The van der Waals surface area contributed by atoms with Crippen LogP contribution < -0.4 is 0 Å². The Morgan fingerprint density at radius 3 is 2.45 bits per heavy atom. The van der Waals surface area contributed by atoms with Gasteiger partial charge in [-0.15, -0.1) is 0 Å². The first-order valence-corrected chi connectivity index (χ1v) is 7.25. The first-order chi connectivity index (χ1) is 9.50. The van der Waals surface area contributed by atoms with Crippen molar-refractivity contribution < 1.29 is 14.4 Å². The number of likely N-dealkylation sites (tertiary alicyclic amines) is 1. The summed E-state index contributed by atoms with van der Waals surface area (Å²) in [6, 6.07) is 0. The van der Waals surface area contributed by atoms with E-state index >= 15 is 0 Å². The second-order valence-electron chi connectivity index (χ2n) is 5.57. The average molecular weight is 275 g/mol. The highest BCUT2D eigenvalue weighted by atomic mass is 16.2. The molecule has 4 heteroatoms. The highest BCUT2D eigenvalue weighted by Gasteiger charge is 2.24. The number of amides is 1. The van der Waals surface area contributed by atoms with Crippen molar-refractivity contribution in [1.82, 2.24) is 4.90 Å². The van der Waals surface area contributed by atoms with Gasteiger partial charge in [0.05, 0.1) is 0 Å². The maximum atomic E-state index is 12.1. The summed E-state index contributed by atoms with van der Waals surface area (Å²) in [5.74, 6) is -0.104. The molecular formula is C16H21NO3. The molecule has 4 nitrogen and oxygen atoms in total. The third-order valence-electron chi connectivity index (χ3n) is 4.09. The third kappa shape index (κ3) is 3.06. The molecule has 0 saturated carbocycles. The lowest BCUT2D eigenvalue weighted by Crippen LogP contribution is -2.35. The van der Waals surface area contributed by atoms with Gasteiger partial charge in [-0.3, -0.25) is 14.4 Å². The molecule has 1 amide bonds. The molecule has 0 aromatic rings. The topological polar surface area (TPSA) is 54.5 Å². The van der Waals surface area contributed by atoms with E-state index in [1.54, 1.807) is 13.8 Å². The number of allylic oxidation sites excluding steroid dienone is 4. The van der Waals surface area contributed by atoms with Gasteiger partial charge in [0.1, 0.15) is 0 Å². The van der Waals surface area contributed by atoms with Gasteiger partial charge in [0.15, 0.2) is 11.6 Å². The molecule has 1 aliphatic carbocycles. The Balaban J connectivity index is 1.98. The molecule has 1 aliphatic heterocycles. The van der Waals surface area contributed by atoms with E-state index in [4.69, 9.17) is 0 Å². The Kier molecular flexibility index (Phi) is 4.53. The highest BCUT2D eigenvalue weighted by molar-refractivity contribution is 6.22. The number of nitrogens with zero attached hydrogens (tertiary/aromatic N) is 1. The van der Waals surface area contributed by atoms with Crippen LogP contribution >= 0.6 is 0 Å². The summed E-state index contributed by atoms with van der Waals surface area (Å²) in [6.07, 6.45) is 5.38. The van der Waals surface area contributed by atoms with Crippen molar-refractivity contribution in [2.45, 2.75) is 46.0 Å². The Morgan fingerprint density at radius 2 is 1.80 bits per heavy atom. The summed E-state index contributed by atoms with van der Waals surface area (Å²) in [7, 11) is 0. The van der Waals surface area contributed by atoms with Crippen LogP contribution in [0.2, 0.25) is 0 Å². The standard InChI is InChI=1S/C16H21NO3/c1-11-10-14(18)13(12(2)16(11)20)6-7-15(19)17-8-4-3-5-9-17/h10H,3-9H2,1-2H3. The van der Waals surface area contributed by atoms with Crippen molar-refractivity contribution >= 4 is 17.5 Å². The van der Waals surface area contributed by atoms with E-state index in [9.17, 15) is 14.4 Å². The van der Waals surface area contributed by atoms with Gasteiger partial charge in [0.25, 0.3) is 0 Å². The van der Waals surface area contributed by atoms with Crippen molar-refractivity contribution in [3.05, 3.63) is 22.8 Å². The minimum atomic E-state index is -0.119. The molecule has 0 unspecified atom stereocenters. The molecule has 2 rings (SSSR count). The Bertz CT molecular complexity index is 508. The predicted molar refractivity (Wildman–Crippen MR) is 76.1 cm³/mol. The molecule has 0 aromatic heterocycles. The summed E-state index contributed by atoms with van der Waals surface area (Å²) in [5.41, 5.74) is 1.49. The fraction of sp³-hybridized carbons (Fsp3) is 0.562. The van der Waals surface area contributed by atoms with Crippen molar-refractivity contribution in [3.63, 3.8) is 0 Å². The van der Waals surface area contributed by atoms with Crippen LogP contribution in [0.3, 0.4) is 0 Å². The number of Topliss-reactive ketones (excluding diaryl/α,β-unsaturated/α-hetero) is 1. The van der Waals surface area contributed by atoms with E-state index in [1.807, 2.05) is 4.90 Å². The first kappa shape index (κ1) is 14.7. The van der Waals surface area contributed by atoms with Gasteiger partial charge in [0, 0.05) is 36.2 Å². The summed E-state index contributed by atoms with van der Waals surface area (Å²) in [6.45, 7) is 4.97. The van der Waals surface area contributed by atoms with Crippen LogP contribution in [-0.2, 0) is 14.4 Å². The molecule has 1 fully saturated rings. The lowest BCUT2D eigenvalue weighted by molar-refractivity contribution is -0.132. The van der Waals surface area contributed by atoms with Crippen LogP contribution in [0, 0.1) is 0 Å². The molecule has 0 bridgehead atoms. The van der Waals surface area contributed by atoms with E-state index in [1.165, 1.54) is 12.5 Å². The second-order valence-corrected chi connectivity index (χ2v) is 5.57. The van der Waals surface area contributed by atoms with Crippen LogP contribution in [0.4, 0.5) is 0 Å². The van der Waals surface area contributed by atoms with E-state index in [0.717, 1.165) is 25.9 Å². The van der Waals surface area contributed by atoms with Gasteiger partial charge < -0.3 is 4.90 Å². The summed E-state index contributed by atoms with van der Waals surface area (Å²) >= 11 is 0. The molecule has 0 spiro atoms. The van der Waals surface area contributed by atoms with Crippen LogP contribution in [0.1, 0.15) is 46.0 Å². The van der Waals surface area contributed by atoms with Crippen LogP contribution in [0.25, 0.3) is 0 Å². The average Bonchev–Trinajstić information content (AvgIpc) is 2.45.